The number of carbonyl (C=O) groups excluding carboxylic acids is 2. The Bertz CT molecular complexity index is 249. The molecule has 1 atom stereocenters. The first-order valence-electron chi connectivity index (χ1n) is 5.37. The third kappa shape index (κ3) is 2.56. The summed E-state index contributed by atoms with van der Waals surface area (Å²) >= 11 is 0. The average molecular weight is 213 g/mol. The van der Waals surface area contributed by atoms with Crippen LogP contribution in [0.5, 0.6) is 0 Å². The minimum atomic E-state index is -0.346. The maximum absolute atomic E-state index is 11.8. The van der Waals surface area contributed by atoms with E-state index in [0.717, 1.165) is 0 Å². The molecule has 4 heteroatoms. The maximum atomic E-state index is 11.8. The minimum absolute atomic E-state index is 0.144. The van der Waals surface area contributed by atoms with Gasteiger partial charge in [0.15, 0.2) is 0 Å². The summed E-state index contributed by atoms with van der Waals surface area (Å²) < 4.78 is 0. The number of likely N-dealkylation sites (tertiary alicyclic amines) is 1. The van der Waals surface area contributed by atoms with Gasteiger partial charge in [-0.3, -0.25) is 14.5 Å². The first kappa shape index (κ1) is 12.2. The van der Waals surface area contributed by atoms with Crippen molar-refractivity contribution in [2.24, 2.45) is 5.41 Å². The van der Waals surface area contributed by atoms with E-state index in [-0.39, 0.29) is 29.9 Å². The molecule has 1 saturated heterocycles. The van der Waals surface area contributed by atoms with E-state index in [1.54, 1.807) is 0 Å². The summed E-state index contributed by atoms with van der Waals surface area (Å²) in [4.78, 5) is 24.8. The molecule has 0 aromatic heterocycles. The molecule has 86 valence electrons. The lowest BCUT2D eigenvalue weighted by atomic mass is 9.81. The van der Waals surface area contributed by atoms with Crippen LogP contribution in [0.25, 0.3) is 0 Å². The first-order chi connectivity index (χ1) is 6.91. The number of carbonyl (C=O) groups is 2. The molecule has 0 aromatic carbocycles. The van der Waals surface area contributed by atoms with Crippen LogP contribution in [-0.2, 0) is 9.59 Å². The largest absolute Gasteiger partial charge is 0.394 e. The molecule has 0 radical (unpaired) electrons. The van der Waals surface area contributed by atoms with Crippen LogP contribution in [0.3, 0.4) is 0 Å². The van der Waals surface area contributed by atoms with E-state index < -0.39 is 0 Å². The number of amides is 2. The average Bonchev–Trinajstić information content (AvgIpc) is 2.09. The van der Waals surface area contributed by atoms with Gasteiger partial charge in [0, 0.05) is 12.8 Å². The van der Waals surface area contributed by atoms with E-state index in [0.29, 0.717) is 19.3 Å². The maximum Gasteiger partial charge on any atom is 0.230 e. The molecule has 0 aromatic rings. The standard InChI is InChI=1S/C11H19NO3/c1-4-8(7-13)12-9(14)5-11(2,3)6-10(12)15/h8,13H,4-7H2,1-3H3/t8-/m0/s1. The van der Waals surface area contributed by atoms with Gasteiger partial charge in [-0.05, 0) is 11.8 Å². The fourth-order valence-electron chi connectivity index (χ4n) is 1.99. The van der Waals surface area contributed by atoms with Crippen molar-refractivity contribution >= 4 is 11.8 Å². The monoisotopic (exact) mass is 213 g/mol. The van der Waals surface area contributed by atoms with Gasteiger partial charge in [0.05, 0.1) is 12.6 Å². The van der Waals surface area contributed by atoms with Crippen LogP contribution >= 0.6 is 0 Å². The number of piperidine rings is 1. The molecule has 0 spiro atoms. The van der Waals surface area contributed by atoms with Gasteiger partial charge >= 0.3 is 0 Å². The molecule has 15 heavy (non-hydrogen) atoms. The Balaban J connectivity index is 2.83. The Morgan fingerprint density at radius 1 is 1.33 bits per heavy atom. The molecule has 1 aliphatic heterocycles. The second-order valence-corrected chi connectivity index (χ2v) is 4.92. The molecule has 1 fully saturated rings. The summed E-state index contributed by atoms with van der Waals surface area (Å²) in [5.74, 6) is -0.311. The molecule has 0 bridgehead atoms. The third-order valence-electron chi connectivity index (χ3n) is 2.84. The van der Waals surface area contributed by atoms with Gasteiger partial charge in [-0.15, -0.1) is 0 Å². The summed E-state index contributed by atoms with van der Waals surface area (Å²) in [5, 5.41) is 9.10. The van der Waals surface area contributed by atoms with Crippen LogP contribution in [0, 0.1) is 5.41 Å². The topological polar surface area (TPSA) is 57.6 Å². The van der Waals surface area contributed by atoms with Gasteiger partial charge in [-0.2, -0.15) is 0 Å². The lowest BCUT2D eigenvalue weighted by Crippen LogP contribution is -2.52. The molecule has 1 N–H and O–H groups in total. The van der Waals surface area contributed by atoms with E-state index >= 15 is 0 Å². The lowest BCUT2D eigenvalue weighted by molar-refractivity contribution is -0.156. The molecule has 0 unspecified atom stereocenters. The van der Waals surface area contributed by atoms with Crippen LogP contribution in [0.4, 0.5) is 0 Å². The Morgan fingerprint density at radius 2 is 1.80 bits per heavy atom. The molecule has 4 nitrogen and oxygen atoms in total. The van der Waals surface area contributed by atoms with E-state index in [1.165, 1.54) is 4.90 Å². The minimum Gasteiger partial charge on any atom is -0.394 e. The van der Waals surface area contributed by atoms with Crippen molar-refractivity contribution in [3.05, 3.63) is 0 Å². The molecule has 1 rings (SSSR count). The van der Waals surface area contributed by atoms with Crippen molar-refractivity contribution in [3.63, 3.8) is 0 Å². The second kappa shape index (κ2) is 4.31. The van der Waals surface area contributed by atoms with Crippen molar-refractivity contribution in [1.29, 1.82) is 0 Å². The van der Waals surface area contributed by atoms with E-state index in [1.807, 2.05) is 20.8 Å². The smallest absolute Gasteiger partial charge is 0.230 e. The molecule has 0 aliphatic carbocycles. The van der Waals surface area contributed by atoms with Crippen LogP contribution in [0.2, 0.25) is 0 Å². The highest BCUT2D eigenvalue weighted by molar-refractivity contribution is 5.98. The molecule has 1 aliphatic rings. The number of imide groups is 1. The highest BCUT2D eigenvalue weighted by Crippen LogP contribution is 2.32. The van der Waals surface area contributed by atoms with E-state index in [4.69, 9.17) is 5.11 Å². The molecule has 1 heterocycles. The summed E-state index contributed by atoms with van der Waals surface area (Å²) in [5.41, 5.74) is -0.238. The Kier molecular flexibility index (Phi) is 3.50. The third-order valence-corrected chi connectivity index (χ3v) is 2.84. The first-order valence-corrected chi connectivity index (χ1v) is 5.37. The second-order valence-electron chi connectivity index (χ2n) is 4.92. The van der Waals surface area contributed by atoms with E-state index in [9.17, 15) is 9.59 Å². The van der Waals surface area contributed by atoms with Crippen LogP contribution in [0.1, 0.15) is 40.0 Å². The summed E-state index contributed by atoms with van der Waals surface area (Å²) in [7, 11) is 0. The Morgan fingerprint density at radius 3 is 2.13 bits per heavy atom. The zero-order valence-corrected chi connectivity index (χ0v) is 9.62. The number of nitrogens with zero attached hydrogens (tertiary/aromatic N) is 1. The van der Waals surface area contributed by atoms with Crippen molar-refractivity contribution in [2.45, 2.75) is 46.1 Å². The van der Waals surface area contributed by atoms with Gasteiger partial charge in [-0.1, -0.05) is 20.8 Å². The van der Waals surface area contributed by atoms with Crippen LogP contribution in [0.15, 0.2) is 0 Å². The number of aliphatic hydroxyl groups excluding tert-OH is 1. The van der Waals surface area contributed by atoms with Gasteiger partial charge in [0.25, 0.3) is 0 Å². The van der Waals surface area contributed by atoms with Gasteiger partial charge in [-0.25, -0.2) is 0 Å². The van der Waals surface area contributed by atoms with E-state index in [2.05, 4.69) is 0 Å². The van der Waals surface area contributed by atoms with Crippen LogP contribution < -0.4 is 0 Å². The Labute approximate surface area is 90.3 Å². The zero-order valence-electron chi connectivity index (χ0n) is 9.62. The summed E-state index contributed by atoms with van der Waals surface area (Å²) in [6.07, 6.45) is 1.37. The highest BCUT2D eigenvalue weighted by Gasteiger charge is 2.39. The quantitative estimate of drug-likeness (QED) is 0.710. The van der Waals surface area contributed by atoms with Crippen molar-refractivity contribution in [3.8, 4) is 0 Å². The highest BCUT2D eigenvalue weighted by atomic mass is 16.3. The lowest BCUT2D eigenvalue weighted by Gasteiger charge is -2.38. The Hall–Kier alpha value is -0.900. The number of hydrogen-bond acceptors (Lipinski definition) is 3. The fourth-order valence-corrected chi connectivity index (χ4v) is 1.99. The van der Waals surface area contributed by atoms with Gasteiger partial charge < -0.3 is 5.11 Å². The normalized spacial score (nSPS) is 23.1. The predicted octanol–water partition coefficient (Wildman–Crippen LogP) is 0.932. The zero-order chi connectivity index (χ0) is 11.6. The number of aliphatic hydroxyl groups is 1. The van der Waals surface area contributed by atoms with Crippen molar-refractivity contribution in [2.75, 3.05) is 6.61 Å². The summed E-state index contributed by atoms with van der Waals surface area (Å²) in [6, 6.07) is -0.346. The molecular weight excluding hydrogens is 194 g/mol. The number of hydrogen-bond donors (Lipinski definition) is 1. The summed E-state index contributed by atoms with van der Waals surface area (Å²) in [6.45, 7) is 5.55. The van der Waals surface area contributed by atoms with Crippen molar-refractivity contribution in [1.82, 2.24) is 4.90 Å². The van der Waals surface area contributed by atoms with Gasteiger partial charge in [0.1, 0.15) is 0 Å². The number of rotatable bonds is 3. The molecule has 0 saturated carbocycles. The molecular formula is C11H19NO3. The SMILES string of the molecule is CC[C@@H](CO)N1C(=O)CC(C)(C)CC1=O. The van der Waals surface area contributed by atoms with Gasteiger partial charge in [0.2, 0.25) is 11.8 Å². The predicted molar refractivity (Wildman–Crippen MR) is 56.0 cm³/mol. The van der Waals surface area contributed by atoms with Crippen molar-refractivity contribution < 1.29 is 14.7 Å². The fraction of sp³-hybridized carbons (Fsp3) is 0.818. The molecule has 2 amide bonds. The van der Waals surface area contributed by atoms with Crippen LogP contribution in [-0.4, -0.2) is 34.5 Å².